The predicted octanol–water partition coefficient (Wildman–Crippen LogP) is 2.35. The fourth-order valence-electron chi connectivity index (χ4n) is 4.47. The zero-order valence-electron chi connectivity index (χ0n) is 18.7. The zero-order chi connectivity index (χ0) is 23.5. The summed E-state index contributed by atoms with van der Waals surface area (Å²) in [6.07, 6.45) is 4.09. The summed E-state index contributed by atoms with van der Waals surface area (Å²) >= 11 is 5.75. The van der Waals surface area contributed by atoms with E-state index in [9.17, 15) is 9.18 Å². The number of hydrogen-bond donors (Lipinski definition) is 3. The van der Waals surface area contributed by atoms with Crippen molar-refractivity contribution >= 4 is 23.6 Å². The summed E-state index contributed by atoms with van der Waals surface area (Å²) in [6.45, 7) is 3.60. The molecule has 1 aromatic heterocycles. The van der Waals surface area contributed by atoms with Gasteiger partial charge in [-0.05, 0) is 37.0 Å². The van der Waals surface area contributed by atoms with Gasteiger partial charge in [0.2, 0.25) is 5.95 Å². The molecular formula is C23H28ClFN6O3. The molecule has 1 aromatic carbocycles. The first kappa shape index (κ1) is 23.1. The third kappa shape index (κ3) is 5.34. The largest absolute Gasteiger partial charge is 0.487 e. The molecule has 2 atom stereocenters. The van der Waals surface area contributed by atoms with Crippen LogP contribution in [0.3, 0.4) is 0 Å². The average molecular weight is 491 g/mol. The molecule has 4 heterocycles. The van der Waals surface area contributed by atoms with Gasteiger partial charge in [-0.1, -0.05) is 11.6 Å². The number of rotatable bonds is 5. The van der Waals surface area contributed by atoms with Crippen LogP contribution in [0.2, 0.25) is 5.02 Å². The van der Waals surface area contributed by atoms with Gasteiger partial charge in [0.1, 0.15) is 17.7 Å². The minimum absolute atomic E-state index is 0.0436. The fraction of sp³-hybridized carbons (Fsp3) is 0.522. The smallest absolute Gasteiger partial charge is 0.318 e. The molecule has 2 fully saturated rings. The summed E-state index contributed by atoms with van der Waals surface area (Å²) in [4.78, 5) is 23.9. The Bertz CT molecular complexity index is 1040. The van der Waals surface area contributed by atoms with Gasteiger partial charge in [-0.2, -0.15) is 0 Å². The number of halogens is 2. The number of hydrogen-bond acceptors (Lipinski definition) is 7. The third-order valence-electron chi connectivity index (χ3n) is 6.43. The topological polar surface area (TPSA) is 101 Å². The van der Waals surface area contributed by atoms with Gasteiger partial charge in [0.15, 0.2) is 0 Å². The van der Waals surface area contributed by atoms with Crippen LogP contribution in [-0.4, -0.2) is 71.9 Å². The van der Waals surface area contributed by atoms with Crippen LogP contribution in [0.15, 0.2) is 24.4 Å². The van der Waals surface area contributed by atoms with Crippen molar-refractivity contribution in [2.45, 2.75) is 44.0 Å². The molecular weight excluding hydrogens is 463 g/mol. The quantitative estimate of drug-likeness (QED) is 0.591. The predicted molar refractivity (Wildman–Crippen MR) is 125 cm³/mol. The molecule has 0 saturated carbocycles. The lowest BCUT2D eigenvalue weighted by Gasteiger charge is -2.31. The fourth-order valence-corrected chi connectivity index (χ4v) is 4.59. The van der Waals surface area contributed by atoms with Crippen molar-refractivity contribution < 1.29 is 18.7 Å². The van der Waals surface area contributed by atoms with Gasteiger partial charge in [0.05, 0.1) is 23.3 Å². The van der Waals surface area contributed by atoms with Crippen molar-refractivity contribution in [3.05, 3.63) is 46.5 Å². The van der Waals surface area contributed by atoms with Crippen LogP contribution in [0, 0.1) is 5.82 Å². The highest BCUT2D eigenvalue weighted by Crippen LogP contribution is 2.23. The maximum atomic E-state index is 13.8. The molecule has 2 amide bonds. The standard InChI is InChI=1S/C23H28ClFN6O3/c24-17-2-1-16(9-18(17)25)34-21-12-26-11-19(21)30-23(32)31-6-3-14-10-27-22(29-20(14)13-31)28-15-4-7-33-8-5-15/h1-2,9-10,15,19,21,26H,3-8,11-13H2,(H,30,32)(H,27,28,29)/t19-,21-/m0/s1. The first-order chi connectivity index (χ1) is 16.5. The minimum Gasteiger partial charge on any atom is -0.487 e. The Morgan fingerprint density at radius 3 is 2.97 bits per heavy atom. The maximum absolute atomic E-state index is 13.8. The molecule has 5 rings (SSSR count). The summed E-state index contributed by atoms with van der Waals surface area (Å²) in [5, 5.41) is 9.72. The Hall–Kier alpha value is -2.69. The number of nitrogens with zero attached hydrogens (tertiary/aromatic N) is 3. The zero-order valence-corrected chi connectivity index (χ0v) is 19.5. The number of carbonyl (C=O) groups excluding carboxylic acids is 1. The summed E-state index contributed by atoms with van der Waals surface area (Å²) in [5.74, 6) is 0.435. The van der Waals surface area contributed by atoms with Gasteiger partial charge in [0.25, 0.3) is 0 Å². The number of fused-ring (bicyclic) bond motifs is 1. The van der Waals surface area contributed by atoms with E-state index in [2.05, 4.69) is 25.9 Å². The number of anilines is 1. The highest BCUT2D eigenvalue weighted by atomic mass is 35.5. The van der Waals surface area contributed by atoms with E-state index in [0.717, 1.165) is 37.3 Å². The van der Waals surface area contributed by atoms with Crippen LogP contribution in [0.5, 0.6) is 5.75 Å². The molecule has 3 aliphatic heterocycles. The second-order valence-electron chi connectivity index (χ2n) is 8.81. The van der Waals surface area contributed by atoms with E-state index in [0.29, 0.717) is 50.3 Å². The Morgan fingerprint density at radius 1 is 1.29 bits per heavy atom. The minimum atomic E-state index is -0.537. The van der Waals surface area contributed by atoms with E-state index in [1.165, 1.54) is 12.1 Å². The van der Waals surface area contributed by atoms with Crippen molar-refractivity contribution in [1.82, 2.24) is 25.5 Å². The van der Waals surface area contributed by atoms with E-state index in [4.69, 9.17) is 21.1 Å². The number of carbonyl (C=O) groups is 1. The molecule has 0 radical (unpaired) electrons. The number of urea groups is 1. The van der Waals surface area contributed by atoms with E-state index in [-0.39, 0.29) is 23.2 Å². The lowest BCUT2D eigenvalue weighted by molar-refractivity contribution is 0.0903. The Balaban J connectivity index is 1.19. The summed E-state index contributed by atoms with van der Waals surface area (Å²) in [6, 6.07) is 4.22. The highest BCUT2D eigenvalue weighted by Gasteiger charge is 2.32. The molecule has 34 heavy (non-hydrogen) atoms. The second-order valence-corrected chi connectivity index (χ2v) is 9.22. The van der Waals surface area contributed by atoms with E-state index in [1.807, 2.05) is 6.20 Å². The van der Waals surface area contributed by atoms with Gasteiger partial charge in [-0.15, -0.1) is 0 Å². The molecule has 0 bridgehead atoms. The SMILES string of the molecule is O=C(N[C@H]1CNC[C@@H]1Oc1ccc(Cl)c(F)c1)N1CCc2cnc(NC3CCOCC3)nc2C1. The summed E-state index contributed by atoms with van der Waals surface area (Å²) in [7, 11) is 0. The molecule has 9 nitrogen and oxygen atoms in total. The van der Waals surface area contributed by atoms with Crippen LogP contribution in [0.1, 0.15) is 24.1 Å². The summed E-state index contributed by atoms with van der Waals surface area (Å²) < 4.78 is 25.1. The van der Waals surface area contributed by atoms with E-state index < -0.39 is 5.82 Å². The Morgan fingerprint density at radius 2 is 2.15 bits per heavy atom. The molecule has 0 spiro atoms. The monoisotopic (exact) mass is 490 g/mol. The second kappa shape index (κ2) is 10.3. The molecule has 3 aliphatic rings. The number of amides is 2. The Kier molecular flexibility index (Phi) is 6.98. The molecule has 3 N–H and O–H groups in total. The van der Waals surface area contributed by atoms with Crippen molar-refractivity contribution in [2.24, 2.45) is 0 Å². The first-order valence-electron chi connectivity index (χ1n) is 11.6. The van der Waals surface area contributed by atoms with Crippen LogP contribution in [0.25, 0.3) is 0 Å². The molecule has 2 aromatic rings. The van der Waals surface area contributed by atoms with Gasteiger partial charge in [-0.3, -0.25) is 0 Å². The number of benzene rings is 1. The summed E-state index contributed by atoms with van der Waals surface area (Å²) in [5.41, 5.74) is 1.93. The average Bonchev–Trinajstić information content (AvgIpc) is 3.28. The van der Waals surface area contributed by atoms with Crippen LogP contribution >= 0.6 is 11.6 Å². The number of nitrogens with one attached hydrogen (secondary N) is 3. The van der Waals surface area contributed by atoms with Crippen LogP contribution < -0.4 is 20.7 Å². The lowest BCUT2D eigenvalue weighted by Crippen LogP contribution is -2.51. The van der Waals surface area contributed by atoms with Crippen molar-refractivity contribution in [3.8, 4) is 5.75 Å². The van der Waals surface area contributed by atoms with Gasteiger partial charge in [-0.25, -0.2) is 19.2 Å². The van der Waals surface area contributed by atoms with Crippen molar-refractivity contribution in [2.75, 3.05) is 38.2 Å². The number of ether oxygens (including phenoxy) is 2. The van der Waals surface area contributed by atoms with Crippen LogP contribution in [0.4, 0.5) is 15.1 Å². The van der Waals surface area contributed by atoms with Crippen LogP contribution in [-0.2, 0) is 17.7 Å². The first-order valence-corrected chi connectivity index (χ1v) is 12.0. The number of aromatic nitrogens is 2. The molecule has 2 saturated heterocycles. The Labute approximate surface area is 202 Å². The van der Waals surface area contributed by atoms with E-state index in [1.54, 1.807) is 11.0 Å². The molecule has 182 valence electrons. The van der Waals surface area contributed by atoms with Crippen molar-refractivity contribution in [1.29, 1.82) is 0 Å². The normalized spacial score (nSPS) is 22.8. The van der Waals surface area contributed by atoms with Gasteiger partial charge < -0.3 is 30.3 Å². The highest BCUT2D eigenvalue weighted by molar-refractivity contribution is 6.30. The van der Waals surface area contributed by atoms with E-state index >= 15 is 0 Å². The third-order valence-corrected chi connectivity index (χ3v) is 6.74. The van der Waals surface area contributed by atoms with Gasteiger partial charge in [0, 0.05) is 51.2 Å². The molecule has 0 unspecified atom stereocenters. The van der Waals surface area contributed by atoms with Crippen molar-refractivity contribution in [3.63, 3.8) is 0 Å². The van der Waals surface area contributed by atoms with Gasteiger partial charge >= 0.3 is 6.03 Å². The lowest BCUT2D eigenvalue weighted by atomic mass is 10.1. The molecule has 11 heteroatoms. The molecule has 0 aliphatic carbocycles. The maximum Gasteiger partial charge on any atom is 0.318 e.